The Kier molecular flexibility index (Phi) is 4.16. The lowest BCUT2D eigenvalue weighted by Gasteiger charge is -2.19. The molecule has 96 valence electrons. The van der Waals surface area contributed by atoms with Crippen molar-refractivity contribution in [1.29, 1.82) is 5.26 Å². The minimum absolute atomic E-state index is 0.211. The molecular weight excluding hydrogens is 229 g/mol. The number of hydrogen-bond acceptors (Lipinski definition) is 3. The molecule has 3 nitrogen and oxygen atoms in total. The van der Waals surface area contributed by atoms with Crippen LogP contribution in [0.3, 0.4) is 0 Å². The van der Waals surface area contributed by atoms with Gasteiger partial charge >= 0.3 is 0 Å². The van der Waals surface area contributed by atoms with E-state index in [0.29, 0.717) is 17.3 Å². The zero-order chi connectivity index (χ0) is 13.0. The number of nitrogens with zero attached hydrogens (tertiary/aromatic N) is 1. The first-order valence-electron chi connectivity index (χ1n) is 6.38. The van der Waals surface area contributed by atoms with Crippen LogP contribution in [-0.4, -0.2) is 18.6 Å². The molecule has 0 aromatic heterocycles. The molecule has 4 heteroatoms. The van der Waals surface area contributed by atoms with Crippen molar-refractivity contribution in [2.45, 2.75) is 38.3 Å². The number of nitrogens with one attached hydrogen (secondary N) is 2. The number of anilines is 1. The predicted molar refractivity (Wildman–Crippen MR) is 69.8 cm³/mol. The van der Waals surface area contributed by atoms with Gasteiger partial charge in [-0.05, 0) is 50.9 Å². The Morgan fingerprint density at radius 1 is 1.61 bits per heavy atom. The fraction of sp³-hybridized carbons (Fsp3) is 0.500. The summed E-state index contributed by atoms with van der Waals surface area (Å²) >= 11 is 0. The van der Waals surface area contributed by atoms with Crippen molar-refractivity contribution in [2.75, 3.05) is 11.9 Å². The van der Waals surface area contributed by atoms with Crippen molar-refractivity contribution in [3.05, 3.63) is 29.6 Å². The Morgan fingerprint density at radius 2 is 2.44 bits per heavy atom. The van der Waals surface area contributed by atoms with Gasteiger partial charge in [-0.3, -0.25) is 0 Å². The van der Waals surface area contributed by atoms with Crippen molar-refractivity contribution in [1.82, 2.24) is 5.32 Å². The van der Waals surface area contributed by atoms with E-state index in [9.17, 15) is 4.39 Å². The van der Waals surface area contributed by atoms with Gasteiger partial charge in [0, 0.05) is 12.1 Å². The van der Waals surface area contributed by atoms with Crippen LogP contribution in [0.2, 0.25) is 0 Å². The summed E-state index contributed by atoms with van der Waals surface area (Å²) < 4.78 is 13.7. The first-order chi connectivity index (χ1) is 8.69. The number of benzene rings is 1. The van der Waals surface area contributed by atoms with Gasteiger partial charge in [0.05, 0.1) is 17.3 Å². The van der Waals surface area contributed by atoms with Crippen molar-refractivity contribution in [3.8, 4) is 6.07 Å². The molecule has 0 radical (unpaired) electrons. The van der Waals surface area contributed by atoms with Gasteiger partial charge in [-0.25, -0.2) is 4.39 Å². The van der Waals surface area contributed by atoms with Crippen molar-refractivity contribution < 1.29 is 4.39 Å². The molecule has 2 atom stereocenters. The quantitative estimate of drug-likeness (QED) is 0.860. The molecule has 2 rings (SSSR count). The Morgan fingerprint density at radius 3 is 3.06 bits per heavy atom. The highest BCUT2D eigenvalue weighted by atomic mass is 19.1. The first kappa shape index (κ1) is 12.8. The van der Waals surface area contributed by atoms with Crippen molar-refractivity contribution in [2.24, 2.45) is 0 Å². The maximum absolute atomic E-state index is 13.7. The fourth-order valence-corrected chi connectivity index (χ4v) is 2.41. The van der Waals surface area contributed by atoms with Crippen LogP contribution < -0.4 is 10.6 Å². The highest BCUT2D eigenvalue weighted by Crippen LogP contribution is 2.19. The van der Waals surface area contributed by atoms with E-state index in [2.05, 4.69) is 17.6 Å². The maximum atomic E-state index is 13.7. The molecule has 0 spiro atoms. The second kappa shape index (κ2) is 5.83. The normalized spacial score (nSPS) is 20.4. The molecule has 1 aliphatic rings. The molecule has 1 aromatic rings. The highest BCUT2D eigenvalue weighted by Gasteiger charge is 2.17. The lowest BCUT2D eigenvalue weighted by atomic mass is 10.1. The molecular formula is C14H18FN3. The molecule has 1 fully saturated rings. The average molecular weight is 247 g/mol. The zero-order valence-electron chi connectivity index (χ0n) is 10.5. The van der Waals surface area contributed by atoms with Gasteiger partial charge in [-0.2, -0.15) is 5.26 Å². The van der Waals surface area contributed by atoms with Gasteiger partial charge in [0.15, 0.2) is 0 Å². The summed E-state index contributed by atoms with van der Waals surface area (Å²) in [6.45, 7) is 3.14. The number of nitriles is 1. The SMILES string of the molecule is CC(CC1CCCN1)Nc1ccc(C#N)cc1F. The van der Waals surface area contributed by atoms with Gasteiger partial charge in [0.25, 0.3) is 0 Å². The predicted octanol–water partition coefficient (Wildman–Crippen LogP) is 2.64. The summed E-state index contributed by atoms with van der Waals surface area (Å²) in [5.74, 6) is -0.361. The van der Waals surface area contributed by atoms with Crippen LogP contribution in [-0.2, 0) is 0 Å². The minimum atomic E-state index is -0.361. The van der Waals surface area contributed by atoms with E-state index in [1.807, 2.05) is 6.07 Å². The largest absolute Gasteiger partial charge is 0.380 e. The van der Waals surface area contributed by atoms with E-state index >= 15 is 0 Å². The van der Waals surface area contributed by atoms with E-state index in [1.165, 1.54) is 18.9 Å². The van der Waals surface area contributed by atoms with Gasteiger partial charge in [-0.1, -0.05) is 0 Å². The Bertz CT molecular complexity index is 447. The number of halogens is 1. The molecule has 0 aliphatic carbocycles. The second-order valence-electron chi connectivity index (χ2n) is 4.88. The van der Waals surface area contributed by atoms with Gasteiger partial charge < -0.3 is 10.6 Å². The summed E-state index contributed by atoms with van der Waals surface area (Å²) in [6, 6.07) is 7.21. The Hall–Kier alpha value is -1.60. The maximum Gasteiger partial charge on any atom is 0.147 e. The van der Waals surface area contributed by atoms with Crippen LogP contribution in [0.5, 0.6) is 0 Å². The van der Waals surface area contributed by atoms with Crippen LogP contribution in [0.15, 0.2) is 18.2 Å². The third kappa shape index (κ3) is 3.21. The molecule has 1 aromatic carbocycles. The molecule has 2 unspecified atom stereocenters. The Balaban J connectivity index is 1.94. The van der Waals surface area contributed by atoms with Gasteiger partial charge in [0.2, 0.25) is 0 Å². The van der Waals surface area contributed by atoms with Crippen LogP contribution in [0.1, 0.15) is 31.7 Å². The molecule has 0 amide bonds. The van der Waals surface area contributed by atoms with Crippen LogP contribution in [0, 0.1) is 17.1 Å². The summed E-state index contributed by atoms with van der Waals surface area (Å²) in [5.41, 5.74) is 0.822. The summed E-state index contributed by atoms with van der Waals surface area (Å²) in [6.07, 6.45) is 3.41. The lowest BCUT2D eigenvalue weighted by molar-refractivity contribution is 0.521. The van der Waals surface area contributed by atoms with E-state index in [0.717, 1.165) is 13.0 Å². The molecule has 0 bridgehead atoms. The number of rotatable bonds is 4. The van der Waals surface area contributed by atoms with Crippen LogP contribution in [0.4, 0.5) is 10.1 Å². The molecule has 1 saturated heterocycles. The van der Waals surface area contributed by atoms with E-state index in [1.54, 1.807) is 12.1 Å². The monoisotopic (exact) mass is 247 g/mol. The fourth-order valence-electron chi connectivity index (χ4n) is 2.41. The molecule has 1 aliphatic heterocycles. The van der Waals surface area contributed by atoms with E-state index in [4.69, 9.17) is 5.26 Å². The summed E-state index contributed by atoms with van der Waals surface area (Å²) in [5, 5.41) is 15.3. The standard InChI is InChI=1S/C14H18FN3/c1-10(7-12-3-2-6-17-12)18-14-5-4-11(9-16)8-13(14)15/h4-5,8,10,12,17-18H,2-3,6-7H2,1H3. The molecule has 0 saturated carbocycles. The summed E-state index contributed by atoms with van der Waals surface area (Å²) in [4.78, 5) is 0. The second-order valence-corrected chi connectivity index (χ2v) is 4.88. The van der Waals surface area contributed by atoms with Crippen molar-refractivity contribution >= 4 is 5.69 Å². The molecule has 1 heterocycles. The molecule has 2 N–H and O–H groups in total. The van der Waals surface area contributed by atoms with Crippen molar-refractivity contribution in [3.63, 3.8) is 0 Å². The van der Waals surface area contributed by atoms with Crippen LogP contribution in [0.25, 0.3) is 0 Å². The smallest absolute Gasteiger partial charge is 0.147 e. The third-order valence-electron chi connectivity index (χ3n) is 3.30. The average Bonchev–Trinajstić information content (AvgIpc) is 2.84. The highest BCUT2D eigenvalue weighted by molar-refractivity contribution is 5.49. The van der Waals surface area contributed by atoms with E-state index < -0.39 is 0 Å². The van der Waals surface area contributed by atoms with Gasteiger partial charge in [0.1, 0.15) is 5.82 Å². The lowest BCUT2D eigenvalue weighted by Crippen LogP contribution is -2.29. The van der Waals surface area contributed by atoms with Gasteiger partial charge in [-0.15, -0.1) is 0 Å². The van der Waals surface area contributed by atoms with E-state index in [-0.39, 0.29) is 11.9 Å². The minimum Gasteiger partial charge on any atom is -0.380 e. The first-order valence-corrected chi connectivity index (χ1v) is 6.38. The topological polar surface area (TPSA) is 47.8 Å². The summed E-state index contributed by atoms with van der Waals surface area (Å²) in [7, 11) is 0. The Labute approximate surface area is 107 Å². The zero-order valence-corrected chi connectivity index (χ0v) is 10.5. The van der Waals surface area contributed by atoms with Crippen LogP contribution >= 0.6 is 0 Å². The molecule has 18 heavy (non-hydrogen) atoms. The number of hydrogen-bond donors (Lipinski definition) is 2. The third-order valence-corrected chi connectivity index (χ3v) is 3.30.